The molecule has 1 atom stereocenters. The van der Waals surface area contributed by atoms with E-state index in [2.05, 4.69) is 20.4 Å². The van der Waals surface area contributed by atoms with Gasteiger partial charge in [-0.3, -0.25) is 4.79 Å². The number of carbonyl (C=O) groups is 1. The van der Waals surface area contributed by atoms with Crippen LogP contribution < -0.4 is 10.1 Å². The number of methoxy groups -OCH3 is 1. The summed E-state index contributed by atoms with van der Waals surface area (Å²) in [6, 6.07) is 9.39. The normalized spacial score (nSPS) is 15.9. The Morgan fingerprint density at radius 3 is 2.72 bits per heavy atom. The van der Waals surface area contributed by atoms with Crippen LogP contribution in [-0.4, -0.2) is 32.6 Å². The molecule has 0 bridgehead atoms. The number of carbonyl (C=O) groups excluding carboxylic acids is 1. The molecule has 1 fully saturated rings. The van der Waals surface area contributed by atoms with E-state index in [1.807, 2.05) is 37.3 Å². The van der Waals surface area contributed by atoms with Crippen LogP contribution in [0.15, 0.2) is 36.7 Å². The van der Waals surface area contributed by atoms with E-state index in [1.165, 1.54) is 19.3 Å². The average molecular weight is 393 g/mol. The molecule has 7 nitrogen and oxygen atoms in total. The van der Waals surface area contributed by atoms with Crippen LogP contribution >= 0.6 is 0 Å². The Hall–Kier alpha value is -2.96. The second-order valence-corrected chi connectivity index (χ2v) is 7.77. The lowest BCUT2D eigenvalue weighted by Crippen LogP contribution is -2.29. The summed E-state index contributed by atoms with van der Waals surface area (Å²) in [6.45, 7) is 1.92. The van der Waals surface area contributed by atoms with Crippen LogP contribution in [0.2, 0.25) is 0 Å². The largest absolute Gasteiger partial charge is 0.497 e. The van der Waals surface area contributed by atoms with E-state index in [1.54, 1.807) is 18.0 Å². The number of nitrogens with zero attached hydrogens (tertiary/aromatic N) is 4. The van der Waals surface area contributed by atoms with Gasteiger partial charge in [0.15, 0.2) is 11.5 Å². The number of hydrogen-bond acceptors (Lipinski definition) is 5. The fourth-order valence-corrected chi connectivity index (χ4v) is 3.93. The summed E-state index contributed by atoms with van der Waals surface area (Å²) >= 11 is 0. The van der Waals surface area contributed by atoms with Crippen molar-refractivity contribution in [3.05, 3.63) is 42.5 Å². The lowest BCUT2D eigenvalue weighted by Gasteiger charge is -2.21. The van der Waals surface area contributed by atoms with E-state index in [0.29, 0.717) is 23.8 Å². The molecule has 1 aliphatic rings. The molecule has 4 rings (SSSR count). The number of hydrogen-bond donors (Lipinski definition) is 1. The molecule has 1 aliphatic carbocycles. The molecule has 1 saturated carbocycles. The molecule has 0 aliphatic heterocycles. The number of amides is 1. The van der Waals surface area contributed by atoms with Crippen LogP contribution in [0, 0.1) is 5.92 Å². The van der Waals surface area contributed by atoms with Crippen LogP contribution in [0.1, 0.15) is 57.3 Å². The standard InChI is InChI=1S/C22H27N5O2/c1-15(24-21(28)12-16-6-4-3-5-7-16)22-25-20-13-19(23-14-27(20)26-22)17-8-10-18(29-2)11-9-17/h8-11,13-16H,3-7,12H2,1-2H3,(H,24,28)/t15-/m1/s1. The fraction of sp³-hybridized carbons (Fsp3) is 0.455. The summed E-state index contributed by atoms with van der Waals surface area (Å²) in [4.78, 5) is 21.5. The summed E-state index contributed by atoms with van der Waals surface area (Å²) in [6.07, 6.45) is 8.35. The topological polar surface area (TPSA) is 81.4 Å². The van der Waals surface area contributed by atoms with Crippen molar-refractivity contribution in [2.24, 2.45) is 5.92 Å². The Morgan fingerprint density at radius 2 is 2.00 bits per heavy atom. The van der Waals surface area contributed by atoms with Gasteiger partial charge in [-0.1, -0.05) is 19.3 Å². The van der Waals surface area contributed by atoms with Gasteiger partial charge < -0.3 is 10.1 Å². The molecule has 152 valence electrons. The van der Waals surface area contributed by atoms with E-state index in [-0.39, 0.29) is 11.9 Å². The van der Waals surface area contributed by atoms with Gasteiger partial charge in [-0.05, 0) is 49.9 Å². The van der Waals surface area contributed by atoms with Crippen LogP contribution in [0.5, 0.6) is 5.75 Å². The maximum absolute atomic E-state index is 12.4. The van der Waals surface area contributed by atoms with E-state index < -0.39 is 0 Å². The van der Waals surface area contributed by atoms with E-state index in [9.17, 15) is 4.79 Å². The first-order valence-electron chi connectivity index (χ1n) is 10.3. The molecule has 2 heterocycles. The van der Waals surface area contributed by atoms with Gasteiger partial charge in [0.2, 0.25) is 5.91 Å². The highest BCUT2D eigenvalue weighted by atomic mass is 16.5. The van der Waals surface area contributed by atoms with Crippen molar-refractivity contribution in [3.8, 4) is 17.0 Å². The van der Waals surface area contributed by atoms with Crippen molar-refractivity contribution >= 4 is 11.6 Å². The van der Waals surface area contributed by atoms with Crippen molar-refractivity contribution in [2.75, 3.05) is 7.11 Å². The van der Waals surface area contributed by atoms with Gasteiger partial charge in [-0.2, -0.15) is 0 Å². The molecule has 0 radical (unpaired) electrons. The molecule has 0 unspecified atom stereocenters. The summed E-state index contributed by atoms with van der Waals surface area (Å²) in [5, 5.41) is 7.53. The van der Waals surface area contributed by atoms with Crippen molar-refractivity contribution < 1.29 is 9.53 Å². The first-order chi connectivity index (χ1) is 14.1. The highest BCUT2D eigenvalue weighted by Crippen LogP contribution is 2.26. The Bertz CT molecular complexity index is 977. The number of nitrogens with one attached hydrogen (secondary N) is 1. The number of rotatable bonds is 6. The third-order valence-corrected chi connectivity index (χ3v) is 5.60. The number of aromatic nitrogens is 4. The smallest absolute Gasteiger partial charge is 0.220 e. The van der Waals surface area contributed by atoms with Crippen molar-refractivity contribution in [1.29, 1.82) is 0 Å². The molecule has 1 amide bonds. The highest BCUT2D eigenvalue weighted by molar-refractivity contribution is 5.76. The van der Waals surface area contributed by atoms with Gasteiger partial charge in [-0.25, -0.2) is 14.5 Å². The predicted molar refractivity (Wildman–Crippen MR) is 111 cm³/mol. The predicted octanol–water partition coefficient (Wildman–Crippen LogP) is 3.95. The van der Waals surface area contributed by atoms with E-state index >= 15 is 0 Å². The second kappa shape index (κ2) is 8.59. The fourth-order valence-electron chi connectivity index (χ4n) is 3.93. The molecule has 1 N–H and O–H groups in total. The Kier molecular flexibility index (Phi) is 5.74. The molecule has 29 heavy (non-hydrogen) atoms. The summed E-state index contributed by atoms with van der Waals surface area (Å²) < 4.78 is 6.85. The Labute approximate surface area is 170 Å². The minimum atomic E-state index is -0.240. The molecule has 2 aromatic heterocycles. The molecular formula is C22H27N5O2. The highest BCUT2D eigenvalue weighted by Gasteiger charge is 2.20. The molecule has 7 heteroatoms. The SMILES string of the molecule is COc1ccc(-c2cc3nc([C@@H](C)NC(=O)CC4CCCCC4)nn3cn2)cc1. The lowest BCUT2D eigenvalue weighted by atomic mass is 9.87. The zero-order valence-corrected chi connectivity index (χ0v) is 17.0. The van der Waals surface area contributed by atoms with Crippen LogP contribution in [0.3, 0.4) is 0 Å². The van der Waals surface area contributed by atoms with Gasteiger partial charge in [0.25, 0.3) is 0 Å². The van der Waals surface area contributed by atoms with Gasteiger partial charge >= 0.3 is 0 Å². The molecule has 0 saturated heterocycles. The maximum Gasteiger partial charge on any atom is 0.220 e. The van der Waals surface area contributed by atoms with Gasteiger partial charge in [0.05, 0.1) is 18.8 Å². The minimum absolute atomic E-state index is 0.0836. The van der Waals surface area contributed by atoms with Crippen LogP contribution in [0.25, 0.3) is 16.9 Å². The first-order valence-corrected chi connectivity index (χ1v) is 10.3. The second-order valence-electron chi connectivity index (χ2n) is 7.77. The summed E-state index contributed by atoms with van der Waals surface area (Å²) in [5.74, 6) is 1.99. The maximum atomic E-state index is 12.4. The molecule has 1 aromatic carbocycles. The third-order valence-electron chi connectivity index (χ3n) is 5.60. The van der Waals surface area contributed by atoms with Crippen LogP contribution in [0.4, 0.5) is 0 Å². The number of fused-ring (bicyclic) bond motifs is 1. The molecule has 0 spiro atoms. The van der Waals surface area contributed by atoms with Crippen molar-refractivity contribution in [2.45, 2.75) is 51.5 Å². The van der Waals surface area contributed by atoms with Crippen LogP contribution in [-0.2, 0) is 4.79 Å². The zero-order chi connectivity index (χ0) is 20.2. The number of ether oxygens (including phenoxy) is 1. The third kappa shape index (κ3) is 4.55. The molecule has 3 aromatic rings. The first kappa shape index (κ1) is 19.4. The van der Waals surface area contributed by atoms with Gasteiger partial charge in [-0.15, -0.1) is 5.10 Å². The van der Waals surface area contributed by atoms with Crippen molar-refractivity contribution in [3.63, 3.8) is 0 Å². The number of benzene rings is 1. The Balaban J connectivity index is 1.45. The monoisotopic (exact) mass is 393 g/mol. The van der Waals surface area contributed by atoms with E-state index in [0.717, 1.165) is 29.8 Å². The van der Waals surface area contributed by atoms with E-state index in [4.69, 9.17) is 4.74 Å². The quantitative estimate of drug-likeness (QED) is 0.686. The van der Waals surface area contributed by atoms with Gasteiger partial charge in [0, 0.05) is 18.1 Å². The Morgan fingerprint density at radius 1 is 1.24 bits per heavy atom. The zero-order valence-electron chi connectivity index (χ0n) is 17.0. The summed E-state index contributed by atoms with van der Waals surface area (Å²) in [7, 11) is 1.64. The summed E-state index contributed by atoms with van der Waals surface area (Å²) in [5.41, 5.74) is 2.49. The molecular weight excluding hydrogens is 366 g/mol. The lowest BCUT2D eigenvalue weighted by molar-refractivity contribution is -0.122. The minimum Gasteiger partial charge on any atom is -0.497 e. The van der Waals surface area contributed by atoms with Crippen molar-refractivity contribution in [1.82, 2.24) is 24.9 Å². The van der Waals surface area contributed by atoms with Gasteiger partial charge in [0.1, 0.15) is 12.1 Å². The average Bonchev–Trinajstić information content (AvgIpc) is 3.18.